The van der Waals surface area contributed by atoms with Crippen molar-refractivity contribution in [2.45, 2.75) is 39.7 Å². The fraction of sp³-hybridized carbons (Fsp3) is 0.526. The number of fused-ring (bicyclic) bond motifs is 1. The lowest BCUT2D eigenvalue weighted by atomic mass is 10.1. The van der Waals surface area contributed by atoms with E-state index >= 15 is 0 Å². The SMILES string of the molecule is CCOC(=O)Cn1c([C@@H]2CC(=O)N(CC(C)C)C2)nc2ccccc21. The van der Waals surface area contributed by atoms with E-state index in [-0.39, 0.29) is 24.3 Å². The van der Waals surface area contributed by atoms with Gasteiger partial charge in [-0.05, 0) is 25.0 Å². The maximum absolute atomic E-state index is 12.3. The predicted molar refractivity (Wildman–Crippen MR) is 95.1 cm³/mol. The van der Waals surface area contributed by atoms with Gasteiger partial charge in [-0.2, -0.15) is 0 Å². The average molecular weight is 343 g/mol. The molecule has 3 rings (SSSR count). The Morgan fingerprint density at radius 3 is 2.84 bits per heavy atom. The first-order valence-electron chi connectivity index (χ1n) is 8.88. The molecule has 1 fully saturated rings. The molecule has 1 amide bonds. The summed E-state index contributed by atoms with van der Waals surface area (Å²) in [4.78, 5) is 31.0. The monoisotopic (exact) mass is 343 g/mol. The van der Waals surface area contributed by atoms with Gasteiger partial charge in [-0.15, -0.1) is 0 Å². The molecular weight excluding hydrogens is 318 g/mol. The third-order valence-electron chi connectivity index (χ3n) is 4.44. The Morgan fingerprint density at radius 1 is 1.36 bits per heavy atom. The molecule has 0 N–H and O–H groups in total. The molecule has 1 aliphatic heterocycles. The largest absolute Gasteiger partial charge is 0.465 e. The van der Waals surface area contributed by atoms with Crippen LogP contribution in [0, 0.1) is 5.92 Å². The quantitative estimate of drug-likeness (QED) is 0.756. The van der Waals surface area contributed by atoms with Gasteiger partial charge in [0.1, 0.15) is 12.4 Å². The van der Waals surface area contributed by atoms with Gasteiger partial charge < -0.3 is 14.2 Å². The maximum atomic E-state index is 12.3. The van der Waals surface area contributed by atoms with Crippen LogP contribution in [0.25, 0.3) is 11.0 Å². The lowest BCUT2D eigenvalue weighted by Gasteiger charge is -2.19. The summed E-state index contributed by atoms with van der Waals surface area (Å²) in [5.74, 6) is 1.12. The standard InChI is InChI=1S/C19H25N3O3/c1-4-25-18(24)12-22-16-8-6-5-7-15(16)20-19(22)14-9-17(23)21(11-14)10-13(2)3/h5-8,13-14H,4,9-12H2,1-3H3/t14-/m1/s1. The van der Waals surface area contributed by atoms with Crippen LogP contribution in [-0.4, -0.2) is 46.0 Å². The Morgan fingerprint density at radius 2 is 2.12 bits per heavy atom. The van der Waals surface area contributed by atoms with Crippen LogP contribution in [0.15, 0.2) is 24.3 Å². The van der Waals surface area contributed by atoms with E-state index < -0.39 is 0 Å². The summed E-state index contributed by atoms with van der Waals surface area (Å²) >= 11 is 0. The number of likely N-dealkylation sites (tertiary alicyclic amines) is 1. The minimum absolute atomic E-state index is 0.00748. The van der Waals surface area contributed by atoms with Gasteiger partial charge in [0.15, 0.2) is 0 Å². The number of para-hydroxylation sites is 2. The highest BCUT2D eigenvalue weighted by molar-refractivity contribution is 5.82. The van der Waals surface area contributed by atoms with Crippen molar-refractivity contribution in [1.82, 2.24) is 14.5 Å². The van der Waals surface area contributed by atoms with E-state index in [1.54, 1.807) is 6.92 Å². The molecule has 0 saturated carbocycles. The van der Waals surface area contributed by atoms with Crippen molar-refractivity contribution in [1.29, 1.82) is 0 Å². The van der Waals surface area contributed by atoms with E-state index in [4.69, 9.17) is 9.72 Å². The van der Waals surface area contributed by atoms with Crippen LogP contribution >= 0.6 is 0 Å². The van der Waals surface area contributed by atoms with Gasteiger partial charge in [-0.1, -0.05) is 26.0 Å². The van der Waals surface area contributed by atoms with Crippen LogP contribution in [0.1, 0.15) is 38.9 Å². The van der Waals surface area contributed by atoms with Crippen LogP contribution in [0.2, 0.25) is 0 Å². The zero-order valence-electron chi connectivity index (χ0n) is 15.1. The molecule has 1 saturated heterocycles. The Balaban J connectivity index is 1.93. The molecule has 1 aromatic carbocycles. The predicted octanol–water partition coefficient (Wildman–Crippen LogP) is 2.57. The van der Waals surface area contributed by atoms with Crippen molar-refractivity contribution < 1.29 is 14.3 Å². The Bertz CT molecular complexity index is 781. The maximum Gasteiger partial charge on any atom is 0.326 e. The number of rotatable bonds is 6. The fourth-order valence-corrected chi connectivity index (χ4v) is 3.47. The molecule has 1 aromatic heterocycles. The lowest BCUT2D eigenvalue weighted by molar-refractivity contribution is -0.143. The van der Waals surface area contributed by atoms with E-state index in [1.165, 1.54) is 0 Å². The van der Waals surface area contributed by atoms with Gasteiger partial charge in [0.2, 0.25) is 5.91 Å². The third kappa shape index (κ3) is 3.67. The smallest absolute Gasteiger partial charge is 0.326 e. The first-order valence-corrected chi connectivity index (χ1v) is 8.88. The number of imidazole rings is 1. The summed E-state index contributed by atoms with van der Waals surface area (Å²) in [6.07, 6.45) is 0.443. The summed E-state index contributed by atoms with van der Waals surface area (Å²) in [6.45, 7) is 7.90. The number of aromatic nitrogens is 2. The summed E-state index contributed by atoms with van der Waals surface area (Å²) in [6, 6.07) is 7.75. The molecule has 0 bridgehead atoms. The normalized spacial score (nSPS) is 17.7. The minimum Gasteiger partial charge on any atom is -0.465 e. The zero-order chi connectivity index (χ0) is 18.0. The summed E-state index contributed by atoms with van der Waals surface area (Å²) < 4.78 is 7.02. The molecule has 2 heterocycles. The number of carbonyl (C=O) groups is 2. The fourth-order valence-electron chi connectivity index (χ4n) is 3.47. The van der Waals surface area contributed by atoms with Gasteiger partial charge in [-0.3, -0.25) is 9.59 Å². The molecule has 1 atom stereocenters. The number of hydrogen-bond acceptors (Lipinski definition) is 4. The van der Waals surface area contributed by atoms with Gasteiger partial charge in [0.25, 0.3) is 0 Å². The second-order valence-corrected chi connectivity index (χ2v) is 6.94. The summed E-state index contributed by atoms with van der Waals surface area (Å²) in [5.41, 5.74) is 1.75. The van der Waals surface area contributed by atoms with Gasteiger partial charge in [0, 0.05) is 25.4 Å². The van der Waals surface area contributed by atoms with Gasteiger partial charge in [-0.25, -0.2) is 4.98 Å². The Kier molecular flexibility index (Phi) is 5.06. The number of esters is 1. The molecule has 0 radical (unpaired) electrons. The van der Waals surface area contributed by atoms with Crippen LogP contribution in [-0.2, 0) is 20.9 Å². The van der Waals surface area contributed by atoms with Crippen molar-refractivity contribution in [3.05, 3.63) is 30.1 Å². The van der Waals surface area contributed by atoms with Crippen LogP contribution in [0.5, 0.6) is 0 Å². The van der Waals surface area contributed by atoms with Gasteiger partial charge in [0.05, 0.1) is 17.6 Å². The number of amides is 1. The van der Waals surface area contributed by atoms with E-state index in [2.05, 4.69) is 13.8 Å². The molecule has 2 aromatic rings. The van der Waals surface area contributed by atoms with Gasteiger partial charge >= 0.3 is 5.97 Å². The second-order valence-electron chi connectivity index (χ2n) is 6.94. The van der Waals surface area contributed by atoms with Crippen molar-refractivity contribution >= 4 is 22.9 Å². The number of ether oxygens (including phenoxy) is 1. The molecule has 6 heteroatoms. The number of benzene rings is 1. The molecule has 1 aliphatic rings. The minimum atomic E-state index is -0.282. The number of hydrogen-bond donors (Lipinski definition) is 0. The summed E-state index contributed by atoms with van der Waals surface area (Å²) in [7, 11) is 0. The molecule has 0 aliphatic carbocycles. The van der Waals surface area contributed by atoms with E-state index in [0.29, 0.717) is 25.5 Å². The molecule has 0 spiro atoms. The van der Waals surface area contributed by atoms with Crippen LogP contribution in [0.4, 0.5) is 0 Å². The van der Waals surface area contributed by atoms with Crippen LogP contribution in [0.3, 0.4) is 0 Å². The Labute approximate surface area is 147 Å². The van der Waals surface area contributed by atoms with E-state index in [0.717, 1.165) is 23.4 Å². The summed E-state index contributed by atoms with van der Waals surface area (Å²) in [5, 5.41) is 0. The third-order valence-corrected chi connectivity index (χ3v) is 4.44. The second kappa shape index (κ2) is 7.25. The molecule has 134 valence electrons. The van der Waals surface area contributed by atoms with Crippen molar-refractivity contribution in [3.8, 4) is 0 Å². The van der Waals surface area contributed by atoms with Crippen molar-refractivity contribution in [2.75, 3.05) is 19.7 Å². The Hall–Kier alpha value is -2.37. The molecular formula is C19H25N3O3. The number of carbonyl (C=O) groups excluding carboxylic acids is 2. The van der Waals surface area contributed by atoms with Crippen LogP contribution < -0.4 is 0 Å². The average Bonchev–Trinajstić information content (AvgIpc) is 3.09. The highest BCUT2D eigenvalue weighted by atomic mass is 16.5. The first kappa shape index (κ1) is 17.5. The van der Waals surface area contributed by atoms with E-state index in [1.807, 2.05) is 33.7 Å². The number of nitrogens with zero attached hydrogens (tertiary/aromatic N) is 3. The molecule has 25 heavy (non-hydrogen) atoms. The topological polar surface area (TPSA) is 64.4 Å². The lowest BCUT2D eigenvalue weighted by Crippen LogP contribution is -2.29. The van der Waals surface area contributed by atoms with Crippen molar-refractivity contribution in [2.24, 2.45) is 5.92 Å². The van der Waals surface area contributed by atoms with E-state index in [9.17, 15) is 9.59 Å². The zero-order valence-corrected chi connectivity index (χ0v) is 15.1. The molecule has 6 nitrogen and oxygen atoms in total. The molecule has 0 unspecified atom stereocenters. The first-order chi connectivity index (χ1) is 12.0. The highest BCUT2D eigenvalue weighted by Gasteiger charge is 2.34. The van der Waals surface area contributed by atoms with Crippen molar-refractivity contribution in [3.63, 3.8) is 0 Å². The highest BCUT2D eigenvalue weighted by Crippen LogP contribution is 2.30.